The summed E-state index contributed by atoms with van der Waals surface area (Å²) in [6, 6.07) is 10.6. The second-order valence-corrected chi connectivity index (χ2v) is 7.64. The topological polar surface area (TPSA) is 100 Å². The van der Waals surface area contributed by atoms with Gasteiger partial charge in [0.15, 0.2) is 0 Å². The number of ether oxygens (including phenoxy) is 2. The molecule has 1 unspecified atom stereocenters. The highest BCUT2D eigenvalue weighted by Crippen LogP contribution is 2.26. The van der Waals surface area contributed by atoms with Crippen molar-refractivity contribution in [3.05, 3.63) is 64.3 Å². The van der Waals surface area contributed by atoms with Gasteiger partial charge < -0.3 is 24.3 Å². The normalized spacial score (nSPS) is 16.6. The molecule has 0 aliphatic carbocycles. The van der Waals surface area contributed by atoms with E-state index in [1.54, 1.807) is 37.7 Å². The number of fused-ring (bicyclic) bond motifs is 1. The summed E-state index contributed by atoms with van der Waals surface area (Å²) in [5.74, 6) is -0.00772. The molecule has 3 heterocycles. The van der Waals surface area contributed by atoms with Crippen LogP contribution in [0.25, 0.3) is 11.0 Å². The van der Waals surface area contributed by atoms with E-state index in [9.17, 15) is 9.59 Å². The molecule has 8 nitrogen and oxygen atoms in total. The molecule has 1 fully saturated rings. The minimum atomic E-state index is -0.375. The maximum atomic E-state index is 12.4. The van der Waals surface area contributed by atoms with Crippen LogP contribution in [-0.2, 0) is 9.47 Å². The van der Waals surface area contributed by atoms with Gasteiger partial charge in [0, 0.05) is 31.3 Å². The lowest BCUT2D eigenvalue weighted by Gasteiger charge is -2.33. The van der Waals surface area contributed by atoms with Crippen molar-refractivity contribution in [2.75, 3.05) is 33.4 Å². The number of esters is 1. The van der Waals surface area contributed by atoms with Gasteiger partial charge in [-0.15, -0.1) is 0 Å². The number of rotatable bonds is 7. The molecule has 1 atom stereocenters. The predicted octanol–water partition coefficient (Wildman–Crippen LogP) is 2.30. The Kier molecular flexibility index (Phi) is 6.25. The molecular formula is C22H26N4O4. The van der Waals surface area contributed by atoms with Crippen LogP contribution in [0.15, 0.2) is 47.5 Å². The van der Waals surface area contributed by atoms with Gasteiger partial charge in [-0.3, -0.25) is 4.79 Å². The number of piperidine rings is 1. The third kappa shape index (κ3) is 4.77. The molecule has 3 aromatic rings. The maximum Gasteiger partial charge on any atom is 0.338 e. The number of hydrogen-bond acceptors (Lipinski definition) is 6. The zero-order valence-corrected chi connectivity index (χ0v) is 17.0. The molecule has 2 N–H and O–H groups in total. The van der Waals surface area contributed by atoms with Crippen LogP contribution < -0.4 is 5.56 Å². The van der Waals surface area contributed by atoms with E-state index in [1.165, 1.54) is 6.07 Å². The van der Waals surface area contributed by atoms with E-state index in [-0.39, 0.29) is 24.2 Å². The fourth-order valence-electron chi connectivity index (χ4n) is 3.93. The first-order chi connectivity index (χ1) is 14.6. The van der Waals surface area contributed by atoms with Crippen LogP contribution in [0.1, 0.15) is 34.8 Å². The fourth-order valence-corrected chi connectivity index (χ4v) is 3.93. The third-order valence-electron chi connectivity index (χ3n) is 5.67. The van der Waals surface area contributed by atoms with Crippen LogP contribution >= 0.6 is 0 Å². The number of H-pyrrole nitrogens is 2. The molecule has 0 bridgehead atoms. The quantitative estimate of drug-likeness (QED) is 0.580. The first-order valence-electron chi connectivity index (χ1n) is 10.2. The van der Waals surface area contributed by atoms with Gasteiger partial charge in [-0.2, -0.15) is 0 Å². The zero-order valence-electron chi connectivity index (χ0n) is 17.0. The van der Waals surface area contributed by atoms with E-state index >= 15 is 0 Å². The number of hydrogen-bond donors (Lipinski definition) is 2. The average molecular weight is 410 g/mol. The van der Waals surface area contributed by atoms with Crippen molar-refractivity contribution in [2.45, 2.75) is 24.9 Å². The minimum Gasteiger partial charge on any atom is -0.459 e. The summed E-state index contributed by atoms with van der Waals surface area (Å²) in [6.07, 6.45) is 3.35. The fraction of sp³-hybridized carbons (Fsp3) is 0.409. The molecule has 158 valence electrons. The van der Waals surface area contributed by atoms with Gasteiger partial charge >= 0.3 is 5.97 Å². The van der Waals surface area contributed by atoms with E-state index in [4.69, 9.17) is 9.47 Å². The Morgan fingerprint density at radius 3 is 2.87 bits per heavy atom. The molecule has 1 aromatic carbocycles. The minimum absolute atomic E-state index is 0.0529. The summed E-state index contributed by atoms with van der Waals surface area (Å²) < 4.78 is 11.0. The van der Waals surface area contributed by atoms with Crippen LogP contribution in [0.5, 0.6) is 0 Å². The molecule has 4 rings (SSSR count). The third-order valence-corrected chi connectivity index (χ3v) is 5.67. The Morgan fingerprint density at radius 2 is 2.10 bits per heavy atom. The van der Waals surface area contributed by atoms with Gasteiger partial charge in [-0.1, -0.05) is 6.07 Å². The highest BCUT2D eigenvalue weighted by atomic mass is 16.6. The van der Waals surface area contributed by atoms with E-state index in [0.29, 0.717) is 18.0 Å². The van der Waals surface area contributed by atoms with Gasteiger partial charge in [0.2, 0.25) is 5.56 Å². The second-order valence-electron chi connectivity index (χ2n) is 7.64. The maximum absolute atomic E-state index is 12.4. The highest BCUT2D eigenvalue weighted by molar-refractivity contribution is 5.93. The van der Waals surface area contributed by atoms with Crippen LogP contribution in [-0.4, -0.2) is 65.3 Å². The molecule has 0 radical (unpaired) electrons. The summed E-state index contributed by atoms with van der Waals surface area (Å²) >= 11 is 0. The summed E-state index contributed by atoms with van der Waals surface area (Å²) in [7, 11) is 1.64. The highest BCUT2D eigenvalue weighted by Gasteiger charge is 2.24. The van der Waals surface area contributed by atoms with Crippen LogP contribution in [0.3, 0.4) is 0 Å². The lowest BCUT2D eigenvalue weighted by molar-refractivity contribution is -0.00542. The number of likely N-dealkylation sites (tertiary alicyclic amines) is 1. The van der Waals surface area contributed by atoms with E-state index in [0.717, 1.165) is 42.7 Å². The standard InChI is InChI=1S/C22H26N4O4/c1-29-17(13-30-22(28)16-5-6-19-20(11-16)24-14-23-19)12-26-9-7-15(8-10-26)18-3-2-4-21(27)25-18/h2-6,11,14-15,17H,7-10,12-13H2,1H3,(H,23,24)(H,25,27). The first-order valence-corrected chi connectivity index (χ1v) is 10.2. The molecule has 8 heteroatoms. The van der Waals surface area contributed by atoms with Gasteiger partial charge in [0.05, 0.1) is 22.9 Å². The van der Waals surface area contributed by atoms with E-state index in [2.05, 4.69) is 19.9 Å². The van der Waals surface area contributed by atoms with Gasteiger partial charge in [-0.25, -0.2) is 9.78 Å². The zero-order chi connectivity index (χ0) is 20.9. The first kappa shape index (κ1) is 20.3. The largest absolute Gasteiger partial charge is 0.459 e. The Hall–Kier alpha value is -2.97. The van der Waals surface area contributed by atoms with Crippen LogP contribution in [0, 0.1) is 0 Å². The number of carbonyl (C=O) groups excluding carboxylic acids is 1. The molecule has 1 saturated heterocycles. The summed E-state index contributed by atoms with van der Waals surface area (Å²) in [4.78, 5) is 36.3. The number of aromatic nitrogens is 3. The average Bonchev–Trinajstić information content (AvgIpc) is 3.24. The Balaban J connectivity index is 1.26. The summed E-state index contributed by atoms with van der Waals surface area (Å²) in [6.45, 7) is 2.71. The molecule has 0 saturated carbocycles. The van der Waals surface area contributed by atoms with Gasteiger partial charge in [0.25, 0.3) is 0 Å². The molecule has 0 amide bonds. The molecule has 1 aliphatic rings. The van der Waals surface area contributed by atoms with Gasteiger partial charge in [-0.05, 0) is 50.2 Å². The van der Waals surface area contributed by atoms with E-state index < -0.39 is 0 Å². The summed E-state index contributed by atoms with van der Waals surface area (Å²) in [5, 5.41) is 0. The Bertz CT molecular complexity index is 1050. The summed E-state index contributed by atoms with van der Waals surface area (Å²) in [5.41, 5.74) is 3.05. The van der Waals surface area contributed by atoms with Crippen molar-refractivity contribution in [3.63, 3.8) is 0 Å². The number of pyridine rings is 1. The number of methoxy groups -OCH3 is 1. The number of carbonyl (C=O) groups is 1. The van der Waals surface area contributed by atoms with E-state index in [1.807, 2.05) is 6.07 Å². The molecule has 1 aliphatic heterocycles. The lowest BCUT2D eigenvalue weighted by atomic mass is 9.93. The van der Waals surface area contributed by atoms with Crippen molar-refractivity contribution >= 4 is 17.0 Å². The number of benzene rings is 1. The van der Waals surface area contributed by atoms with Crippen molar-refractivity contribution in [3.8, 4) is 0 Å². The number of imidazole rings is 1. The predicted molar refractivity (Wildman–Crippen MR) is 113 cm³/mol. The van der Waals surface area contributed by atoms with Gasteiger partial charge in [0.1, 0.15) is 12.7 Å². The molecule has 0 spiro atoms. The lowest BCUT2D eigenvalue weighted by Crippen LogP contribution is -2.41. The number of nitrogens with zero attached hydrogens (tertiary/aromatic N) is 2. The Morgan fingerprint density at radius 1 is 1.27 bits per heavy atom. The Labute approximate surface area is 174 Å². The number of aromatic amines is 2. The molecule has 2 aromatic heterocycles. The van der Waals surface area contributed by atoms with Crippen molar-refractivity contribution < 1.29 is 14.3 Å². The monoisotopic (exact) mass is 410 g/mol. The molecular weight excluding hydrogens is 384 g/mol. The number of nitrogens with one attached hydrogen (secondary N) is 2. The second kappa shape index (κ2) is 9.23. The van der Waals surface area contributed by atoms with Crippen LogP contribution in [0.4, 0.5) is 0 Å². The van der Waals surface area contributed by atoms with Crippen LogP contribution in [0.2, 0.25) is 0 Å². The smallest absolute Gasteiger partial charge is 0.338 e. The van der Waals surface area contributed by atoms with Crippen molar-refractivity contribution in [1.82, 2.24) is 19.9 Å². The molecule has 30 heavy (non-hydrogen) atoms. The van der Waals surface area contributed by atoms with Crippen molar-refractivity contribution in [2.24, 2.45) is 0 Å². The van der Waals surface area contributed by atoms with Crippen molar-refractivity contribution in [1.29, 1.82) is 0 Å². The SMILES string of the molecule is COC(COC(=O)c1ccc2nc[nH]c2c1)CN1CCC(c2cccc(=O)[nH]2)CC1.